The quantitative estimate of drug-likeness (QED) is 0.631. The monoisotopic (exact) mass is 446 g/mol. The topological polar surface area (TPSA) is 125 Å². The minimum absolute atomic E-state index is 0.0238. The zero-order chi connectivity index (χ0) is 23.8. The van der Waals surface area contributed by atoms with Gasteiger partial charge in [0.05, 0.1) is 23.0 Å². The molecule has 1 unspecified atom stereocenters. The number of nitrogens with two attached hydrogens (primary N) is 1. The van der Waals surface area contributed by atoms with Gasteiger partial charge in [0, 0.05) is 5.69 Å². The van der Waals surface area contributed by atoms with Crippen molar-refractivity contribution in [2.45, 2.75) is 38.8 Å². The molecule has 1 aliphatic heterocycles. The number of aromatic amines is 1. The number of aromatic nitrogens is 2. The van der Waals surface area contributed by atoms with E-state index in [1.165, 1.54) is 18.2 Å². The summed E-state index contributed by atoms with van der Waals surface area (Å²) in [6, 6.07) is 5.44. The average Bonchev–Trinajstić information content (AvgIpc) is 3.06. The molecular weight excluding hydrogens is 425 g/mol. The molecule has 0 fully saturated rings. The van der Waals surface area contributed by atoms with Crippen molar-refractivity contribution in [1.82, 2.24) is 10.2 Å². The van der Waals surface area contributed by atoms with Crippen LogP contribution in [0, 0.1) is 24.2 Å². The van der Waals surface area contributed by atoms with Crippen molar-refractivity contribution in [2.75, 3.05) is 0 Å². The molecule has 3 rings (SSSR count). The van der Waals surface area contributed by atoms with Crippen molar-refractivity contribution in [3.63, 3.8) is 0 Å². The van der Waals surface area contributed by atoms with Crippen molar-refractivity contribution in [2.24, 2.45) is 11.7 Å². The number of carbonyl (C=O) groups is 1. The summed E-state index contributed by atoms with van der Waals surface area (Å²) in [4.78, 5) is 10.8. The number of benzene rings is 1. The Morgan fingerprint density at radius 3 is 2.66 bits per heavy atom. The first-order chi connectivity index (χ1) is 14.9. The molecule has 0 saturated carbocycles. The first kappa shape index (κ1) is 22.9. The van der Waals surface area contributed by atoms with Crippen LogP contribution in [0.15, 0.2) is 35.7 Å². The number of hydrogen-bond acceptors (Lipinski definition) is 5. The van der Waals surface area contributed by atoms with Crippen LogP contribution in [0.5, 0.6) is 5.88 Å². The summed E-state index contributed by atoms with van der Waals surface area (Å²) in [7, 11) is 0. The van der Waals surface area contributed by atoms with Crippen LogP contribution < -0.4 is 10.5 Å². The number of aliphatic carboxylic acids is 1. The van der Waals surface area contributed by atoms with Crippen molar-refractivity contribution < 1.29 is 27.8 Å². The molecule has 1 aromatic carbocycles. The number of nitrogens with zero attached hydrogens (tertiary/aromatic N) is 2. The van der Waals surface area contributed by atoms with Crippen molar-refractivity contribution in [1.29, 1.82) is 5.26 Å². The second kappa shape index (κ2) is 8.07. The predicted octanol–water partition coefficient (Wildman–Crippen LogP) is 4.25. The van der Waals surface area contributed by atoms with E-state index in [2.05, 4.69) is 10.2 Å². The number of rotatable bonds is 5. The number of fused-ring (bicyclic) bond motifs is 1. The van der Waals surface area contributed by atoms with Crippen LogP contribution in [0.25, 0.3) is 6.08 Å². The Kier molecular flexibility index (Phi) is 5.78. The summed E-state index contributed by atoms with van der Waals surface area (Å²) in [6.45, 7) is 5.23. The van der Waals surface area contributed by atoms with Crippen LogP contribution in [0.2, 0.25) is 0 Å². The first-order valence-corrected chi connectivity index (χ1v) is 9.67. The van der Waals surface area contributed by atoms with E-state index in [0.29, 0.717) is 11.3 Å². The number of H-pyrrole nitrogens is 1. The maximum Gasteiger partial charge on any atom is 0.416 e. The van der Waals surface area contributed by atoms with Gasteiger partial charge in [-0.3, -0.25) is 9.89 Å². The lowest BCUT2D eigenvalue weighted by molar-refractivity contribution is -0.138. The van der Waals surface area contributed by atoms with Crippen molar-refractivity contribution >= 4 is 12.0 Å². The minimum atomic E-state index is -4.68. The van der Waals surface area contributed by atoms with E-state index < -0.39 is 29.0 Å². The van der Waals surface area contributed by atoms with Gasteiger partial charge in [0.2, 0.25) is 11.8 Å². The van der Waals surface area contributed by atoms with Gasteiger partial charge in [0.25, 0.3) is 0 Å². The van der Waals surface area contributed by atoms with E-state index in [1.54, 1.807) is 20.8 Å². The molecule has 0 aliphatic carbocycles. The van der Waals surface area contributed by atoms with Crippen molar-refractivity contribution in [3.05, 3.63) is 63.7 Å². The third kappa shape index (κ3) is 3.70. The normalized spacial score (nSPS) is 18.6. The minimum Gasteiger partial charge on any atom is -0.481 e. The number of nitriles is 1. The fraction of sp³-hybridized carbons (Fsp3) is 0.318. The molecule has 2 aromatic rings. The Hall–Kier alpha value is -3.74. The number of allylic oxidation sites excluding steroid dienone is 1. The number of aryl methyl sites for hydroxylation is 1. The lowest BCUT2D eigenvalue weighted by atomic mass is 9.61. The van der Waals surface area contributed by atoms with E-state index in [4.69, 9.17) is 15.6 Å². The molecule has 32 heavy (non-hydrogen) atoms. The number of carboxylic acids is 1. The van der Waals surface area contributed by atoms with Crippen LogP contribution in [-0.2, 0) is 16.4 Å². The molecule has 7 nitrogen and oxygen atoms in total. The Morgan fingerprint density at radius 1 is 1.41 bits per heavy atom. The fourth-order valence-electron chi connectivity index (χ4n) is 4.20. The third-order valence-electron chi connectivity index (χ3n) is 5.47. The zero-order valence-electron chi connectivity index (χ0n) is 17.5. The summed E-state index contributed by atoms with van der Waals surface area (Å²) < 4.78 is 46.9. The zero-order valence-corrected chi connectivity index (χ0v) is 17.5. The molecular formula is C22H21F3N4O3. The molecule has 10 heteroatoms. The van der Waals surface area contributed by atoms with E-state index in [9.17, 15) is 23.2 Å². The predicted molar refractivity (Wildman–Crippen MR) is 109 cm³/mol. The highest BCUT2D eigenvalue weighted by atomic mass is 19.4. The highest BCUT2D eigenvalue weighted by Gasteiger charge is 2.51. The summed E-state index contributed by atoms with van der Waals surface area (Å²) in [5.41, 5.74) is 4.95. The van der Waals surface area contributed by atoms with Gasteiger partial charge in [-0.2, -0.15) is 18.4 Å². The Balaban J connectivity index is 2.40. The van der Waals surface area contributed by atoms with Crippen LogP contribution in [-0.4, -0.2) is 21.3 Å². The first-order valence-electron chi connectivity index (χ1n) is 9.67. The molecule has 1 aromatic heterocycles. The smallest absolute Gasteiger partial charge is 0.416 e. The lowest BCUT2D eigenvalue weighted by Crippen LogP contribution is -2.41. The van der Waals surface area contributed by atoms with Crippen LogP contribution >= 0.6 is 0 Å². The van der Waals surface area contributed by atoms with Crippen LogP contribution in [0.1, 0.15) is 48.2 Å². The number of alkyl halides is 3. The van der Waals surface area contributed by atoms with Gasteiger partial charge in [-0.05, 0) is 36.1 Å². The summed E-state index contributed by atoms with van der Waals surface area (Å²) in [5.74, 6) is -1.68. The van der Waals surface area contributed by atoms with Crippen molar-refractivity contribution in [3.8, 4) is 11.9 Å². The summed E-state index contributed by atoms with van der Waals surface area (Å²) >= 11 is 0. The van der Waals surface area contributed by atoms with E-state index >= 15 is 0 Å². The van der Waals surface area contributed by atoms with E-state index in [-0.39, 0.29) is 34.9 Å². The molecule has 1 aliphatic rings. The second-order valence-electron chi connectivity index (χ2n) is 7.79. The van der Waals surface area contributed by atoms with Crippen LogP contribution in [0.4, 0.5) is 13.2 Å². The average molecular weight is 446 g/mol. The Labute approximate surface area is 182 Å². The number of carboxylic acid groups (broad SMARTS) is 1. The highest BCUT2D eigenvalue weighted by molar-refractivity contribution is 5.71. The van der Waals surface area contributed by atoms with Gasteiger partial charge in [0.15, 0.2) is 0 Å². The molecule has 0 bridgehead atoms. The maximum absolute atomic E-state index is 13.8. The number of ether oxygens (including phenoxy) is 1. The van der Waals surface area contributed by atoms with E-state index in [1.807, 2.05) is 6.07 Å². The molecule has 1 atom stereocenters. The Bertz CT molecular complexity index is 1170. The van der Waals surface area contributed by atoms with Gasteiger partial charge in [-0.15, -0.1) is 5.10 Å². The molecule has 2 heterocycles. The molecule has 168 valence electrons. The molecule has 0 saturated heterocycles. The second-order valence-corrected chi connectivity index (χ2v) is 7.79. The van der Waals surface area contributed by atoms with E-state index in [0.717, 1.165) is 12.1 Å². The van der Waals surface area contributed by atoms with Gasteiger partial charge in [0.1, 0.15) is 11.6 Å². The summed E-state index contributed by atoms with van der Waals surface area (Å²) in [6.07, 6.45) is -2.46. The number of hydrogen-bond donors (Lipinski definition) is 3. The highest BCUT2D eigenvalue weighted by Crippen LogP contribution is 2.53. The Morgan fingerprint density at radius 2 is 2.09 bits per heavy atom. The van der Waals surface area contributed by atoms with Gasteiger partial charge in [-0.25, -0.2) is 0 Å². The van der Waals surface area contributed by atoms with Gasteiger partial charge in [-0.1, -0.05) is 32.1 Å². The van der Waals surface area contributed by atoms with Gasteiger partial charge >= 0.3 is 12.1 Å². The molecule has 0 amide bonds. The van der Waals surface area contributed by atoms with Crippen LogP contribution in [0.3, 0.4) is 0 Å². The summed E-state index contributed by atoms with van der Waals surface area (Å²) in [5, 5.41) is 25.6. The number of halogens is 3. The SMILES string of the molecule is Cc1[nH]nc2c1C(c1cc(C=CCC(=O)O)cc(C(F)(F)F)c1)(C(C)C)C(C#N)=C(N)O2. The third-order valence-corrected chi connectivity index (χ3v) is 5.47. The molecule has 0 radical (unpaired) electrons. The number of nitrogens with one attached hydrogen (secondary N) is 1. The largest absolute Gasteiger partial charge is 0.481 e. The maximum atomic E-state index is 13.8. The lowest BCUT2D eigenvalue weighted by Gasteiger charge is -2.41. The fourth-order valence-corrected chi connectivity index (χ4v) is 4.20. The standard InChI is InChI=1S/C22H21F3N4O3/c1-11(2)21(16(10-26)19(27)32-20-18(21)12(3)28-29-20)14-7-13(5-4-6-17(30)31)8-15(9-14)22(23,24)25/h4-5,7-9,11H,6,27H2,1-3H3,(H,28,29)(H,30,31). The molecule has 0 spiro atoms. The molecule has 4 N–H and O–H groups in total. The van der Waals surface area contributed by atoms with Gasteiger partial charge < -0.3 is 15.6 Å².